The van der Waals surface area contributed by atoms with Gasteiger partial charge >= 0.3 is 0 Å². The Morgan fingerprint density at radius 2 is 2.38 bits per heavy atom. The van der Waals surface area contributed by atoms with Crippen molar-refractivity contribution in [3.63, 3.8) is 0 Å². The second kappa shape index (κ2) is 4.18. The van der Waals surface area contributed by atoms with Crippen LogP contribution in [0.2, 0.25) is 0 Å². The highest BCUT2D eigenvalue weighted by Crippen LogP contribution is 2.13. The van der Waals surface area contributed by atoms with Crippen molar-refractivity contribution in [1.82, 2.24) is 14.5 Å². The zero-order valence-electron chi connectivity index (χ0n) is 7.65. The summed E-state index contributed by atoms with van der Waals surface area (Å²) < 4.78 is 3.60. The van der Waals surface area contributed by atoms with E-state index in [4.69, 9.17) is 5.73 Å². The van der Waals surface area contributed by atoms with Gasteiger partial charge in [0.05, 0.1) is 0 Å². The molecule has 0 aliphatic carbocycles. The first-order valence-electron chi connectivity index (χ1n) is 4.00. The number of nitrogen functional groups attached to an aromatic ring is 1. The molecule has 0 aromatic carbocycles. The van der Waals surface area contributed by atoms with Crippen LogP contribution in [0.4, 0.5) is 5.00 Å². The summed E-state index contributed by atoms with van der Waals surface area (Å²) >= 11 is 1.04. The summed E-state index contributed by atoms with van der Waals surface area (Å²) in [6.45, 7) is 2.71. The molecule has 0 aliphatic heterocycles. The molecule has 72 valence electrons. The third kappa shape index (κ3) is 2.15. The van der Waals surface area contributed by atoms with Gasteiger partial charge in [-0.2, -0.15) is 0 Å². The molecule has 13 heavy (non-hydrogen) atoms. The summed E-state index contributed by atoms with van der Waals surface area (Å²) in [5.74, 6) is -0.159. The van der Waals surface area contributed by atoms with E-state index in [0.717, 1.165) is 18.0 Å². The van der Waals surface area contributed by atoms with Crippen molar-refractivity contribution >= 4 is 22.4 Å². The smallest absolute Gasteiger partial charge is 0.277 e. The number of hydrogen-bond acceptors (Lipinski definition) is 5. The van der Waals surface area contributed by atoms with E-state index in [1.54, 1.807) is 11.9 Å². The SMILES string of the molecule is CCCN(C)C(=O)c1nnsc1N. The minimum atomic E-state index is -0.159. The molecule has 0 fully saturated rings. The van der Waals surface area contributed by atoms with Gasteiger partial charge in [-0.3, -0.25) is 4.79 Å². The van der Waals surface area contributed by atoms with E-state index in [0.29, 0.717) is 11.5 Å². The second-order valence-corrected chi connectivity index (χ2v) is 3.50. The molecule has 0 saturated heterocycles. The van der Waals surface area contributed by atoms with Crippen LogP contribution < -0.4 is 5.73 Å². The molecule has 5 nitrogen and oxygen atoms in total. The van der Waals surface area contributed by atoms with Gasteiger partial charge in [0.2, 0.25) is 0 Å². The molecule has 0 radical (unpaired) electrons. The van der Waals surface area contributed by atoms with Crippen LogP contribution in [-0.4, -0.2) is 34.0 Å². The molecule has 6 heteroatoms. The van der Waals surface area contributed by atoms with Crippen molar-refractivity contribution in [3.05, 3.63) is 5.69 Å². The highest BCUT2D eigenvalue weighted by atomic mass is 32.1. The Morgan fingerprint density at radius 1 is 1.69 bits per heavy atom. The zero-order valence-corrected chi connectivity index (χ0v) is 8.47. The Bertz CT molecular complexity index is 298. The average molecular weight is 200 g/mol. The van der Waals surface area contributed by atoms with Crippen molar-refractivity contribution in [2.45, 2.75) is 13.3 Å². The molecule has 0 atom stereocenters. The molecule has 0 aliphatic rings. The lowest BCUT2D eigenvalue weighted by Gasteiger charge is -2.13. The fraction of sp³-hybridized carbons (Fsp3) is 0.571. The van der Waals surface area contributed by atoms with Gasteiger partial charge in [0.1, 0.15) is 5.00 Å². The van der Waals surface area contributed by atoms with Crippen LogP contribution in [0.5, 0.6) is 0 Å². The largest absolute Gasteiger partial charge is 0.387 e. The summed E-state index contributed by atoms with van der Waals surface area (Å²) in [5, 5.41) is 4.05. The summed E-state index contributed by atoms with van der Waals surface area (Å²) in [4.78, 5) is 13.2. The number of carbonyl (C=O) groups is 1. The van der Waals surface area contributed by atoms with E-state index in [1.807, 2.05) is 6.92 Å². The van der Waals surface area contributed by atoms with Crippen LogP contribution in [-0.2, 0) is 0 Å². The third-order valence-corrected chi connectivity index (χ3v) is 2.18. The van der Waals surface area contributed by atoms with Gasteiger partial charge in [-0.25, -0.2) is 0 Å². The van der Waals surface area contributed by atoms with E-state index in [1.165, 1.54) is 0 Å². The molecule has 1 aromatic heterocycles. The minimum absolute atomic E-state index is 0.159. The lowest BCUT2D eigenvalue weighted by molar-refractivity contribution is 0.0790. The van der Waals surface area contributed by atoms with Gasteiger partial charge in [0.25, 0.3) is 5.91 Å². The number of hydrogen-bond donors (Lipinski definition) is 1. The highest BCUT2D eigenvalue weighted by Gasteiger charge is 2.17. The second-order valence-electron chi connectivity index (χ2n) is 2.71. The number of nitrogens with zero attached hydrogens (tertiary/aromatic N) is 3. The molecule has 0 bridgehead atoms. The molecule has 1 rings (SSSR count). The molecular weight excluding hydrogens is 188 g/mol. The number of amides is 1. The van der Waals surface area contributed by atoms with Crippen LogP contribution >= 0.6 is 11.5 Å². The van der Waals surface area contributed by atoms with Gasteiger partial charge in [-0.15, -0.1) is 5.10 Å². The quantitative estimate of drug-likeness (QED) is 0.775. The standard InChI is InChI=1S/C7H12N4OS/c1-3-4-11(2)7(12)5-6(8)13-10-9-5/h3-4,8H2,1-2H3. The predicted molar refractivity (Wildman–Crippen MR) is 51.6 cm³/mol. The average Bonchev–Trinajstić information content (AvgIpc) is 2.50. The summed E-state index contributed by atoms with van der Waals surface area (Å²) in [6, 6.07) is 0. The number of carbonyl (C=O) groups excluding carboxylic acids is 1. The Kier molecular flexibility index (Phi) is 3.18. The maximum atomic E-state index is 11.6. The molecular formula is C7H12N4OS. The van der Waals surface area contributed by atoms with Crippen LogP contribution in [0.25, 0.3) is 0 Å². The summed E-state index contributed by atoms with van der Waals surface area (Å²) in [5.41, 5.74) is 5.79. The highest BCUT2D eigenvalue weighted by molar-refractivity contribution is 7.10. The number of aromatic nitrogens is 2. The maximum Gasteiger partial charge on any atom is 0.277 e. The van der Waals surface area contributed by atoms with E-state index >= 15 is 0 Å². The lowest BCUT2D eigenvalue weighted by atomic mass is 10.3. The van der Waals surface area contributed by atoms with E-state index in [9.17, 15) is 4.79 Å². The van der Waals surface area contributed by atoms with E-state index in [-0.39, 0.29) is 11.6 Å². The van der Waals surface area contributed by atoms with Crippen molar-refractivity contribution in [3.8, 4) is 0 Å². The zero-order chi connectivity index (χ0) is 9.84. The normalized spacial score (nSPS) is 10.0. The topological polar surface area (TPSA) is 72.1 Å². The Hall–Kier alpha value is -1.17. The number of rotatable bonds is 3. The van der Waals surface area contributed by atoms with Crippen molar-refractivity contribution in [2.75, 3.05) is 19.3 Å². The summed E-state index contributed by atoms with van der Waals surface area (Å²) in [7, 11) is 1.73. The predicted octanol–water partition coefficient (Wildman–Crippen LogP) is 0.602. The van der Waals surface area contributed by atoms with Gasteiger partial charge < -0.3 is 10.6 Å². The molecule has 0 saturated carbocycles. The Labute approximate surface area is 80.7 Å². The first-order valence-corrected chi connectivity index (χ1v) is 4.77. The van der Waals surface area contributed by atoms with Crippen LogP contribution in [0.15, 0.2) is 0 Å². The molecule has 0 unspecified atom stereocenters. The fourth-order valence-corrected chi connectivity index (χ4v) is 1.39. The van der Waals surface area contributed by atoms with E-state index < -0.39 is 0 Å². The maximum absolute atomic E-state index is 11.6. The minimum Gasteiger partial charge on any atom is -0.387 e. The molecule has 1 aromatic rings. The van der Waals surface area contributed by atoms with Crippen LogP contribution in [0.3, 0.4) is 0 Å². The molecule has 1 heterocycles. The molecule has 0 spiro atoms. The van der Waals surface area contributed by atoms with Gasteiger partial charge in [0.15, 0.2) is 5.69 Å². The van der Waals surface area contributed by atoms with Gasteiger partial charge in [-0.05, 0) is 6.42 Å². The monoisotopic (exact) mass is 200 g/mol. The Balaban J connectivity index is 2.73. The van der Waals surface area contributed by atoms with Crippen LogP contribution in [0.1, 0.15) is 23.8 Å². The van der Waals surface area contributed by atoms with Crippen molar-refractivity contribution in [2.24, 2.45) is 0 Å². The summed E-state index contributed by atoms with van der Waals surface area (Å²) in [6.07, 6.45) is 0.916. The van der Waals surface area contributed by atoms with E-state index in [2.05, 4.69) is 9.59 Å². The number of nitrogens with two attached hydrogens (primary N) is 1. The lowest BCUT2D eigenvalue weighted by Crippen LogP contribution is -2.28. The number of anilines is 1. The van der Waals surface area contributed by atoms with Crippen molar-refractivity contribution in [1.29, 1.82) is 0 Å². The van der Waals surface area contributed by atoms with Crippen LogP contribution in [0, 0.1) is 0 Å². The Morgan fingerprint density at radius 3 is 2.85 bits per heavy atom. The molecule has 2 N–H and O–H groups in total. The van der Waals surface area contributed by atoms with Crippen molar-refractivity contribution < 1.29 is 4.79 Å². The third-order valence-electron chi connectivity index (χ3n) is 1.62. The first kappa shape index (κ1) is 9.91. The molecule has 1 amide bonds. The van der Waals surface area contributed by atoms with Gasteiger partial charge in [-0.1, -0.05) is 11.4 Å². The fourth-order valence-electron chi connectivity index (χ4n) is 0.964. The first-order chi connectivity index (χ1) is 6.16. The van der Waals surface area contributed by atoms with Gasteiger partial charge in [0, 0.05) is 25.1 Å².